The van der Waals surface area contributed by atoms with E-state index in [4.69, 9.17) is 18.9 Å². The fraction of sp³-hybridized carbons (Fsp3) is 0.462. The number of carbonyl (C=O) groups is 2. The summed E-state index contributed by atoms with van der Waals surface area (Å²) in [6.07, 6.45) is 0.452. The first kappa shape index (κ1) is 23.7. The molecular formula is C26H32N2O6. The second-order valence-electron chi connectivity index (χ2n) is 9.12. The van der Waals surface area contributed by atoms with Crippen LogP contribution in [-0.2, 0) is 16.1 Å². The monoisotopic (exact) mass is 468 g/mol. The molecule has 0 aromatic heterocycles. The quantitative estimate of drug-likeness (QED) is 0.640. The number of likely N-dealkylation sites (tertiary alicyclic amines) is 1. The van der Waals surface area contributed by atoms with E-state index in [1.807, 2.05) is 50.2 Å². The van der Waals surface area contributed by atoms with Gasteiger partial charge in [0.2, 0.25) is 18.6 Å². The number of rotatable bonds is 8. The minimum Gasteiger partial charge on any atom is -0.497 e. The summed E-state index contributed by atoms with van der Waals surface area (Å²) in [7, 11) is 3.21. The Hall–Kier alpha value is -3.42. The Morgan fingerprint density at radius 1 is 1.06 bits per heavy atom. The molecule has 0 radical (unpaired) electrons. The van der Waals surface area contributed by atoms with Crippen molar-refractivity contribution in [2.75, 3.05) is 34.1 Å². The molecule has 0 aliphatic carbocycles. The zero-order valence-electron chi connectivity index (χ0n) is 20.1. The van der Waals surface area contributed by atoms with Crippen LogP contribution in [0.25, 0.3) is 0 Å². The van der Waals surface area contributed by atoms with Crippen molar-refractivity contribution in [3.63, 3.8) is 0 Å². The van der Waals surface area contributed by atoms with Crippen LogP contribution in [0.3, 0.4) is 0 Å². The number of ether oxygens (including phenoxy) is 4. The van der Waals surface area contributed by atoms with Crippen LogP contribution in [-0.4, -0.2) is 50.8 Å². The Morgan fingerprint density at radius 2 is 1.85 bits per heavy atom. The van der Waals surface area contributed by atoms with E-state index in [0.29, 0.717) is 49.1 Å². The van der Waals surface area contributed by atoms with Gasteiger partial charge in [-0.1, -0.05) is 19.9 Å². The molecule has 2 amide bonds. The minimum absolute atomic E-state index is 0.0629. The van der Waals surface area contributed by atoms with Gasteiger partial charge in [-0.05, 0) is 41.8 Å². The van der Waals surface area contributed by atoms with Gasteiger partial charge >= 0.3 is 0 Å². The van der Waals surface area contributed by atoms with E-state index in [0.717, 1.165) is 11.1 Å². The van der Waals surface area contributed by atoms with Crippen molar-refractivity contribution in [2.45, 2.75) is 32.7 Å². The molecule has 182 valence electrons. The van der Waals surface area contributed by atoms with E-state index in [9.17, 15) is 9.59 Å². The number of hydrogen-bond donors (Lipinski definition) is 1. The number of amides is 2. The molecule has 1 N–H and O–H groups in total. The third kappa shape index (κ3) is 5.05. The van der Waals surface area contributed by atoms with Crippen LogP contribution in [0, 0.1) is 11.8 Å². The van der Waals surface area contributed by atoms with E-state index < -0.39 is 5.92 Å². The highest BCUT2D eigenvalue weighted by atomic mass is 16.7. The van der Waals surface area contributed by atoms with E-state index in [1.54, 1.807) is 19.1 Å². The number of nitrogens with zero attached hydrogens (tertiary/aromatic N) is 1. The highest BCUT2D eigenvalue weighted by Crippen LogP contribution is 2.40. The third-order valence-electron chi connectivity index (χ3n) is 6.33. The number of methoxy groups -OCH3 is 2. The zero-order valence-corrected chi connectivity index (χ0v) is 20.1. The molecule has 1 saturated heterocycles. The summed E-state index contributed by atoms with van der Waals surface area (Å²) in [5.41, 5.74) is 1.78. The van der Waals surface area contributed by atoms with Gasteiger partial charge in [-0.15, -0.1) is 0 Å². The molecule has 1 fully saturated rings. The molecule has 2 heterocycles. The molecule has 2 aromatic rings. The lowest BCUT2D eigenvalue weighted by atomic mass is 9.87. The molecule has 0 spiro atoms. The molecule has 0 saturated carbocycles. The second kappa shape index (κ2) is 10.2. The summed E-state index contributed by atoms with van der Waals surface area (Å²) in [6, 6.07) is 11.2. The number of hydrogen-bond acceptors (Lipinski definition) is 6. The van der Waals surface area contributed by atoms with Gasteiger partial charge in [0.25, 0.3) is 0 Å². The third-order valence-corrected chi connectivity index (χ3v) is 6.33. The second-order valence-corrected chi connectivity index (χ2v) is 9.12. The van der Waals surface area contributed by atoms with Crippen molar-refractivity contribution >= 4 is 11.8 Å². The number of fused-ring (bicyclic) bond motifs is 1. The molecule has 34 heavy (non-hydrogen) atoms. The summed E-state index contributed by atoms with van der Waals surface area (Å²) < 4.78 is 21.8. The van der Waals surface area contributed by atoms with Gasteiger partial charge in [0.15, 0.2) is 11.5 Å². The molecule has 2 aliphatic rings. The van der Waals surface area contributed by atoms with Gasteiger partial charge < -0.3 is 29.2 Å². The minimum atomic E-state index is -0.411. The largest absolute Gasteiger partial charge is 0.497 e. The van der Waals surface area contributed by atoms with Crippen molar-refractivity contribution in [1.29, 1.82) is 0 Å². The standard InChI is InChI=1S/C26H32N2O6/c1-16(2)9-25(29)28-13-20(19-11-18(31-3)6-8-22(19)32-4)21(14-28)26(30)27-12-17-5-7-23-24(10-17)34-15-33-23/h5-8,10-11,16,20-21H,9,12-15H2,1-4H3,(H,27,30). The lowest BCUT2D eigenvalue weighted by Crippen LogP contribution is -2.35. The summed E-state index contributed by atoms with van der Waals surface area (Å²) in [6.45, 7) is 5.42. The van der Waals surface area contributed by atoms with Crippen molar-refractivity contribution in [3.05, 3.63) is 47.5 Å². The van der Waals surface area contributed by atoms with Gasteiger partial charge in [0.1, 0.15) is 11.5 Å². The van der Waals surface area contributed by atoms with E-state index in [2.05, 4.69) is 5.32 Å². The van der Waals surface area contributed by atoms with Gasteiger partial charge in [-0.3, -0.25) is 9.59 Å². The molecule has 2 unspecified atom stereocenters. The van der Waals surface area contributed by atoms with E-state index in [-0.39, 0.29) is 30.4 Å². The summed E-state index contributed by atoms with van der Waals surface area (Å²) in [4.78, 5) is 28.1. The van der Waals surface area contributed by atoms with Crippen LogP contribution < -0.4 is 24.3 Å². The lowest BCUT2D eigenvalue weighted by molar-refractivity contribution is -0.131. The molecular weight excluding hydrogens is 436 g/mol. The van der Waals surface area contributed by atoms with Crippen LogP contribution in [0.5, 0.6) is 23.0 Å². The van der Waals surface area contributed by atoms with Crippen LogP contribution >= 0.6 is 0 Å². The van der Waals surface area contributed by atoms with Crippen LogP contribution in [0.4, 0.5) is 0 Å². The Balaban J connectivity index is 1.55. The maximum atomic E-state index is 13.4. The highest BCUT2D eigenvalue weighted by molar-refractivity contribution is 5.83. The molecule has 2 atom stereocenters. The van der Waals surface area contributed by atoms with Crippen molar-refractivity contribution in [2.24, 2.45) is 11.8 Å². The molecule has 4 rings (SSSR count). The first-order chi connectivity index (χ1) is 16.4. The summed E-state index contributed by atoms with van der Waals surface area (Å²) >= 11 is 0. The van der Waals surface area contributed by atoms with Crippen molar-refractivity contribution in [3.8, 4) is 23.0 Å². The highest BCUT2D eigenvalue weighted by Gasteiger charge is 2.41. The SMILES string of the molecule is COc1ccc(OC)c(C2CN(C(=O)CC(C)C)CC2C(=O)NCc2ccc3c(c2)OCO3)c1. The average molecular weight is 469 g/mol. The number of nitrogens with one attached hydrogen (secondary N) is 1. The van der Waals surface area contributed by atoms with Gasteiger partial charge in [-0.2, -0.15) is 0 Å². The average Bonchev–Trinajstić information content (AvgIpc) is 3.48. The Bertz CT molecular complexity index is 1050. The fourth-order valence-corrected chi connectivity index (χ4v) is 4.57. The maximum Gasteiger partial charge on any atom is 0.231 e. The molecule has 2 aromatic carbocycles. The fourth-order valence-electron chi connectivity index (χ4n) is 4.57. The molecule has 8 nitrogen and oxygen atoms in total. The molecule has 8 heteroatoms. The first-order valence-corrected chi connectivity index (χ1v) is 11.6. The van der Waals surface area contributed by atoms with E-state index >= 15 is 0 Å². The van der Waals surface area contributed by atoms with Crippen LogP contribution in [0.2, 0.25) is 0 Å². The summed E-state index contributed by atoms with van der Waals surface area (Å²) in [5.74, 6) is 2.33. The van der Waals surface area contributed by atoms with Crippen molar-refractivity contribution in [1.82, 2.24) is 10.2 Å². The predicted molar refractivity (Wildman–Crippen MR) is 126 cm³/mol. The van der Waals surface area contributed by atoms with Gasteiger partial charge in [0, 0.05) is 37.5 Å². The van der Waals surface area contributed by atoms with Crippen LogP contribution in [0.1, 0.15) is 37.3 Å². The normalized spacial score (nSPS) is 18.8. The zero-order chi connectivity index (χ0) is 24.2. The maximum absolute atomic E-state index is 13.4. The van der Waals surface area contributed by atoms with Gasteiger partial charge in [0.05, 0.1) is 20.1 Å². The first-order valence-electron chi connectivity index (χ1n) is 11.6. The predicted octanol–water partition coefficient (Wildman–Crippen LogP) is 3.34. The Morgan fingerprint density at radius 3 is 2.59 bits per heavy atom. The Kier molecular flexibility index (Phi) is 7.14. The Labute approximate surface area is 200 Å². The molecule has 2 aliphatic heterocycles. The smallest absolute Gasteiger partial charge is 0.231 e. The summed E-state index contributed by atoms with van der Waals surface area (Å²) in [5, 5.41) is 3.05. The van der Waals surface area contributed by atoms with Crippen LogP contribution in [0.15, 0.2) is 36.4 Å². The van der Waals surface area contributed by atoms with E-state index in [1.165, 1.54) is 0 Å². The molecule has 0 bridgehead atoms. The van der Waals surface area contributed by atoms with Crippen molar-refractivity contribution < 1.29 is 28.5 Å². The topological polar surface area (TPSA) is 86.3 Å². The van der Waals surface area contributed by atoms with Gasteiger partial charge in [-0.25, -0.2) is 0 Å². The lowest BCUT2D eigenvalue weighted by Gasteiger charge is -2.21. The number of carbonyl (C=O) groups excluding carboxylic acids is 2. The number of benzene rings is 2.